The lowest BCUT2D eigenvalue weighted by molar-refractivity contribution is -0.384. The largest absolute Gasteiger partial charge is 0.269 e. The van der Waals surface area contributed by atoms with Crippen molar-refractivity contribution < 1.29 is 4.92 Å². The number of aromatic nitrogens is 2. The minimum absolute atomic E-state index is 0.0813. The van der Waals surface area contributed by atoms with Crippen molar-refractivity contribution in [2.24, 2.45) is 0 Å². The summed E-state index contributed by atoms with van der Waals surface area (Å²) < 4.78 is 0. The van der Waals surface area contributed by atoms with Gasteiger partial charge in [0.1, 0.15) is 0 Å². The van der Waals surface area contributed by atoms with E-state index in [1.807, 2.05) is 30.3 Å². The van der Waals surface area contributed by atoms with Gasteiger partial charge in [0, 0.05) is 24.5 Å². The molecule has 0 aliphatic heterocycles. The molecule has 3 rings (SSSR count). The predicted molar refractivity (Wildman–Crippen MR) is 79.6 cm³/mol. The SMILES string of the molecule is O=[N+]([O-])c1ccc(-c2ccnc(-c3ccccn3)c2)cc1. The Morgan fingerprint density at radius 2 is 1.57 bits per heavy atom. The number of nitro groups is 1. The van der Waals surface area contributed by atoms with Crippen molar-refractivity contribution in [3.63, 3.8) is 0 Å². The lowest BCUT2D eigenvalue weighted by atomic mass is 10.0. The summed E-state index contributed by atoms with van der Waals surface area (Å²) in [5.74, 6) is 0. The first-order chi connectivity index (χ1) is 10.2. The van der Waals surface area contributed by atoms with Crippen molar-refractivity contribution in [1.82, 2.24) is 9.97 Å². The van der Waals surface area contributed by atoms with Gasteiger partial charge in [0.25, 0.3) is 5.69 Å². The molecule has 0 atom stereocenters. The summed E-state index contributed by atoms with van der Waals surface area (Å²) in [7, 11) is 0. The Kier molecular flexibility index (Phi) is 3.39. The van der Waals surface area contributed by atoms with Gasteiger partial charge in [-0.15, -0.1) is 0 Å². The molecule has 0 spiro atoms. The molecule has 0 amide bonds. The fourth-order valence-electron chi connectivity index (χ4n) is 2.04. The lowest BCUT2D eigenvalue weighted by Crippen LogP contribution is -1.89. The molecule has 0 fully saturated rings. The quantitative estimate of drug-likeness (QED) is 0.540. The molecule has 102 valence electrons. The summed E-state index contributed by atoms with van der Waals surface area (Å²) in [6, 6.07) is 15.9. The van der Waals surface area contributed by atoms with Crippen molar-refractivity contribution in [2.45, 2.75) is 0 Å². The van der Waals surface area contributed by atoms with Crippen LogP contribution in [0.1, 0.15) is 0 Å². The summed E-state index contributed by atoms with van der Waals surface area (Å²) in [6.45, 7) is 0. The van der Waals surface area contributed by atoms with Crippen LogP contribution in [0.2, 0.25) is 0 Å². The lowest BCUT2D eigenvalue weighted by Gasteiger charge is -2.04. The number of pyridine rings is 2. The average molecular weight is 277 g/mol. The summed E-state index contributed by atoms with van der Waals surface area (Å²) in [5.41, 5.74) is 3.49. The molecule has 0 aliphatic carbocycles. The highest BCUT2D eigenvalue weighted by atomic mass is 16.6. The van der Waals surface area contributed by atoms with Crippen LogP contribution in [0.5, 0.6) is 0 Å². The van der Waals surface area contributed by atoms with E-state index in [0.29, 0.717) is 0 Å². The Hall–Kier alpha value is -3.08. The van der Waals surface area contributed by atoms with Crippen molar-refractivity contribution in [3.8, 4) is 22.5 Å². The molecule has 2 aromatic heterocycles. The van der Waals surface area contributed by atoms with Gasteiger partial charge in [-0.05, 0) is 47.5 Å². The molecule has 0 bridgehead atoms. The Morgan fingerprint density at radius 3 is 2.24 bits per heavy atom. The number of hydrogen-bond acceptors (Lipinski definition) is 4. The number of benzene rings is 1. The van der Waals surface area contributed by atoms with E-state index >= 15 is 0 Å². The molecule has 0 N–H and O–H groups in total. The smallest absolute Gasteiger partial charge is 0.258 e. The van der Waals surface area contributed by atoms with Crippen LogP contribution in [0, 0.1) is 10.1 Å². The van der Waals surface area contributed by atoms with E-state index in [0.717, 1.165) is 22.5 Å². The highest BCUT2D eigenvalue weighted by Crippen LogP contribution is 2.25. The number of rotatable bonds is 3. The maximum atomic E-state index is 10.7. The molecule has 5 nitrogen and oxygen atoms in total. The summed E-state index contributed by atoms with van der Waals surface area (Å²) >= 11 is 0. The topological polar surface area (TPSA) is 68.9 Å². The maximum Gasteiger partial charge on any atom is 0.269 e. The third kappa shape index (κ3) is 2.76. The molecule has 0 saturated heterocycles. The zero-order valence-corrected chi connectivity index (χ0v) is 11.0. The molecule has 0 aliphatic rings. The van der Waals surface area contributed by atoms with Crippen LogP contribution in [0.4, 0.5) is 5.69 Å². The van der Waals surface area contributed by atoms with Crippen molar-refractivity contribution >= 4 is 5.69 Å². The van der Waals surface area contributed by atoms with Crippen LogP contribution in [-0.4, -0.2) is 14.9 Å². The standard InChI is InChI=1S/C16H11N3O2/c20-19(21)14-6-4-12(5-7-14)13-8-10-18-16(11-13)15-3-1-2-9-17-15/h1-11H. The Balaban J connectivity index is 1.98. The molecule has 5 heteroatoms. The van der Waals surface area contributed by atoms with E-state index < -0.39 is 4.92 Å². The Labute approximate surface area is 121 Å². The van der Waals surface area contributed by atoms with Gasteiger partial charge in [0.05, 0.1) is 16.3 Å². The van der Waals surface area contributed by atoms with Crippen LogP contribution in [0.25, 0.3) is 22.5 Å². The van der Waals surface area contributed by atoms with Gasteiger partial charge in [-0.25, -0.2) is 0 Å². The molecule has 3 aromatic rings. The number of nitro benzene ring substituents is 1. The van der Waals surface area contributed by atoms with Crippen LogP contribution in [0.3, 0.4) is 0 Å². The molecule has 2 heterocycles. The third-order valence-electron chi connectivity index (χ3n) is 3.10. The zero-order chi connectivity index (χ0) is 14.7. The fraction of sp³-hybridized carbons (Fsp3) is 0. The number of non-ortho nitro benzene ring substituents is 1. The van der Waals surface area contributed by atoms with Crippen LogP contribution in [0.15, 0.2) is 67.0 Å². The monoisotopic (exact) mass is 277 g/mol. The van der Waals surface area contributed by atoms with E-state index in [2.05, 4.69) is 9.97 Å². The third-order valence-corrected chi connectivity index (χ3v) is 3.10. The first-order valence-corrected chi connectivity index (χ1v) is 6.36. The van der Waals surface area contributed by atoms with E-state index in [9.17, 15) is 10.1 Å². The Morgan fingerprint density at radius 1 is 0.810 bits per heavy atom. The second-order valence-electron chi connectivity index (χ2n) is 4.45. The Bertz CT molecular complexity index is 771. The summed E-state index contributed by atoms with van der Waals surface area (Å²) in [6.07, 6.45) is 3.43. The molecular weight excluding hydrogens is 266 g/mol. The second kappa shape index (κ2) is 5.50. The van der Waals surface area contributed by atoms with Crippen LogP contribution < -0.4 is 0 Å². The van der Waals surface area contributed by atoms with Gasteiger partial charge in [-0.2, -0.15) is 0 Å². The number of nitrogens with zero attached hydrogens (tertiary/aromatic N) is 3. The maximum absolute atomic E-state index is 10.7. The molecule has 0 saturated carbocycles. The van der Waals surface area contributed by atoms with Gasteiger partial charge in [0.2, 0.25) is 0 Å². The summed E-state index contributed by atoms with van der Waals surface area (Å²) in [4.78, 5) is 18.8. The van der Waals surface area contributed by atoms with Crippen molar-refractivity contribution in [3.05, 3.63) is 77.1 Å². The molecule has 0 unspecified atom stereocenters. The average Bonchev–Trinajstić information content (AvgIpc) is 2.56. The first kappa shape index (κ1) is 12.9. The zero-order valence-electron chi connectivity index (χ0n) is 11.0. The predicted octanol–water partition coefficient (Wildman–Crippen LogP) is 3.72. The fourth-order valence-corrected chi connectivity index (χ4v) is 2.04. The van der Waals surface area contributed by atoms with Crippen LogP contribution in [-0.2, 0) is 0 Å². The van der Waals surface area contributed by atoms with E-state index in [-0.39, 0.29) is 5.69 Å². The first-order valence-electron chi connectivity index (χ1n) is 6.36. The van der Waals surface area contributed by atoms with Gasteiger partial charge < -0.3 is 0 Å². The van der Waals surface area contributed by atoms with E-state index in [1.165, 1.54) is 12.1 Å². The van der Waals surface area contributed by atoms with Gasteiger partial charge in [-0.3, -0.25) is 20.1 Å². The minimum Gasteiger partial charge on any atom is -0.258 e. The van der Waals surface area contributed by atoms with Crippen molar-refractivity contribution in [1.29, 1.82) is 0 Å². The van der Waals surface area contributed by atoms with Crippen LogP contribution >= 0.6 is 0 Å². The second-order valence-corrected chi connectivity index (χ2v) is 4.45. The van der Waals surface area contributed by atoms with Crippen molar-refractivity contribution in [2.75, 3.05) is 0 Å². The molecule has 21 heavy (non-hydrogen) atoms. The van der Waals surface area contributed by atoms with Gasteiger partial charge in [-0.1, -0.05) is 6.07 Å². The molecule has 0 radical (unpaired) electrons. The molecule has 1 aromatic carbocycles. The minimum atomic E-state index is -0.407. The van der Waals surface area contributed by atoms with Gasteiger partial charge >= 0.3 is 0 Å². The highest BCUT2D eigenvalue weighted by Gasteiger charge is 2.07. The molecular formula is C16H11N3O2. The highest BCUT2D eigenvalue weighted by molar-refractivity contribution is 5.69. The van der Waals surface area contributed by atoms with E-state index in [1.54, 1.807) is 24.5 Å². The van der Waals surface area contributed by atoms with E-state index in [4.69, 9.17) is 0 Å². The van der Waals surface area contributed by atoms with Gasteiger partial charge in [0.15, 0.2) is 0 Å². The summed E-state index contributed by atoms with van der Waals surface area (Å²) in [5, 5.41) is 10.7. The normalized spacial score (nSPS) is 10.3. The number of hydrogen-bond donors (Lipinski definition) is 0.